The molecular formula is C20H30BrCl2N7O3S. The summed E-state index contributed by atoms with van der Waals surface area (Å²) < 4.78 is 26.4. The zero-order valence-electron chi connectivity index (χ0n) is 19.3. The zero-order chi connectivity index (χ0) is 24.8. The van der Waals surface area contributed by atoms with Gasteiger partial charge in [0.1, 0.15) is 0 Å². The summed E-state index contributed by atoms with van der Waals surface area (Å²) in [4.78, 5) is 20.0. The lowest BCUT2D eigenvalue weighted by atomic mass is 10.2. The Morgan fingerprint density at radius 1 is 1.06 bits per heavy atom. The van der Waals surface area contributed by atoms with Crippen molar-refractivity contribution in [2.75, 3.05) is 62.3 Å². The highest BCUT2D eigenvalue weighted by Crippen LogP contribution is 2.21. The second-order valence-corrected chi connectivity index (χ2v) is 11.0. The van der Waals surface area contributed by atoms with E-state index >= 15 is 0 Å². The average Bonchev–Trinajstić information content (AvgIpc) is 2.70. The Morgan fingerprint density at radius 2 is 1.68 bits per heavy atom. The van der Waals surface area contributed by atoms with Crippen molar-refractivity contribution >= 4 is 56.5 Å². The van der Waals surface area contributed by atoms with Crippen LogP contribution in [-0.4, -0.2) is 75.3 Å². The zero-order valence-corrected chi connectivity index (χ0v) is 23.2. The first-order valence-corrected chi connectivity index (χ1v) is 12.8. The summed E-state index contributed by atoms with van der Waals surface area (Å²) in [6.07, 6.45) is 2.67. The number of hydrogen-bond donors (Lipinski definition) is 3. The molecule has 0 aliphatic heterocycles. The van der Waals surface area contributed by atoms with E-state index in [1.807, 2.05) is 14.1 Å². The molecule has 0 spiro atoms. The van der Waals surface area contributed by atoms with E-state index in [1.165, 1.54) is 10.6 Å². The molecule has 1 amide bonds. The van der Waals surface area contributed by atoms with Crippen LogP contribution >= 0.6 is 23.2 Å². The minimum atomic E-state index is -3.41. The Morgan fingerprint density at radius 3 is 2.26 bits per heavy atom. The minimum absolute atomic E-state index is 0. The summed E-state index contributed by atoms with van der Waals surface area (Å²) >= 11 is 11.7. The fourth-order valence-corrected chi connectivity index (χ4v) is 4.38. The van der Waals surface area contributed by atoms with Crippen molar-refractivity contribution in [3.8, 4) is 0 Å². The minimum Gasteiger partial charge on any atom is -1.00 e. The molecule has 0 saturated heterocycles. The van der Waals surface area contributed by atoms with Crippen molar-refractivity contribution in [3.63, 3.8) is 0 Å². The third-order valence-corrected chi connectivity index (χ3v) is 6.74. The van der Waals surface area contributed by atoms with Gasteiger partial charge in [0.05, 0.1) is 45.7 Å². The van der Waals surface area contributed by atoms with Crippen molar-refractivity contribution in [1.29, 1.82) is 0 Å². The smallest absolute Gasteiger partial charge is 0.273 e. The number of nitrogens with zero attached hydrogens (tertiary/aromatic N) is 4. The number of rotatable bonds is 11. The van der Waals surface area contributed by atoms with E-state index in [2.05, 4.69) is 15.3 Å². The topological polar surface area (TPSA) is 144 Å². The van der Waals surface area contributed by atoms with Crippen molar-refractivity contribution in [2.45, 2.75) is 12.8 Å². The van der Waals surface area contributed by atoms with Crippen LogP contribution in [0.2, 0.25) is 10.2 Å². The van der Waals surface area contributed by atoms with E-state index in [1.54, 1.807) is 24.3 Å². The molecule has 10 nitrogen and oxygen atoms in total. The molecule has 0 radical (unpaired) electrons. The van der Waals surface area contributed by atoms with E-state index in [9.17, 15) is 13.2 Å². The lowest BCUT2D eigenvalue weighted by molar-refractivity contribution is -0.889. The number of anilines is 3. The molecule has 0 unspecified atom stereocenters. The van der Waals surface area contributed by atoms with Gasteiger partial charge in [-0.15, -0.1) is 0 Å². The maximum Gasteiger partial charge on any atom is 0.273 e. The number of nitrogen functional groups attached to an aromatic ring is 2. The van der Waals surface area contributed by atoms with Crippen LogP contribution in [0.4, 0.5) is 17.3 Å². The number of amides is 1. The molecule has 2 aromatic rings. The van der Waals surface area contributed by atoms with Gasteiger partial charge in [-0.25, -0.2) is 18.4 Å². The number of nitrogens with two attached hydrogens (primary N) is 2. The van der Waals surface area contributed by atoms with Crippen molar-refractivity contribution < 1.29 is 34.7 Å². The van der Waals surface area contributed by atoms with Gasteiger partial charge in [0.25, 0.3) is 5.91 Å². The van der Waals surface area contributed by atoms with Gasteiger partial charge in [-0.3, -0.25) is 9.10 Å². The largest absolute Gasteiger partial charge is 1.00 e. The number of likely N-dealkylation sites (N-methyl/N-ethyl adjacent to an activating group) is 1. The SMILES string of the molecule is C[N+](C)(CCCCN(c1ccc(Cl)cc1)S(C)(=O)=O)CCNC(=O)c1nc(Cl)c(N)nc1N.[Br-]. The summed E-state index contributed by atoms with van der Waals surface area (Å²) in [6, 6.07) is 6.72. The number of nitrogens with one attached hydrogen (secondary N) is 1. The first kappa shape index (κ1) is 30.2. The molecule has 1 aromatic heterocycles. The number of quaternary nitrogens is 1. The molecule has 0 aliphatic carbocycles. The molecule has 1 aromatic carbocycles. The van der Waals surface area contributed by atoms with E-state index in [-0.39, 0.29) is 39.5 Å². The number of aromatic nitrogens is 2. The normalized spacial score (nSPS) is 11.6. The lowest BCUT2D eigenvalue weighted by Crippen LogP contribution is -3.00. The van der Waals surface area contributed by atoms with E-state index in [0.717, 1.165) is 13.0 Å². The van der Waals surface area contributed by atoms with Gasteiger partial charge in [-0.2, -0.15) is 0 Å². The Balaban J connectivity index is 0.00000578. The van der Waals surface area contributed by atoms with Crippen LogP contribution in [0.3, 0.4) is 0 Å². The van der Waals surface area contributed by atoms with E-state index < -0.39 is 15.9 Å². The highest BCUT2D eigenvalue weighted by Gasteiger charge is 2.20. The highest BCUT2D eigenvalue weighted by molar-refractivity contribution is 7.92. The Hall–Kier alpha value is -1.86. The van der Waals surface area contributed by atoms with Gasteiger partial charge < -0.3 is 38.2 Å². The highest BCUT2D eigenvalue weighted by atomic mass is 79.9. The molecule has 2 rings (SSSR count). The standard InChI is InChI=1S/C20H29Cl2N7O3S.BrH/c1-29(2,13-10-25-20(30)16-18(23)27-19(24)17(22)26-16)12-5-4-11-28(33(3,31)32)15-8-6-14(21)7-9-15;/h6-9H,4-5,10-13H2,1-3H3,(H4-,23,24,25,27,30);1H. The molecule has 1 heterocycles. The van der Waals surface area contributed by atoms with Crippen LogP contribution in [0.15, 0.2) is 24.3 Å². The van der Waals surface area contributed by atoms with Gasteiger partial charge >= 0.3 is 0 Å². The molecule has 190 valence electrons. The molecule has 0 fully saturated rings. The molecule has 5 N–H and O–H groups in total. The number of halogens is 3. The number of benzene rings is 1. The average molecular weight is 599 g/mol. The van der Waals surface area contributed by atoms with Crippen molar-refractivity contribution in [2.24, 2.45) is 0 Å². The maximum absolute atomic E-state index is 12.3. The van der Waals surface area contributed by atoms with Gasteiger partial charge in [0.2, 0.25) is 10.0 Å². The van der Waals surface area contributed by atoms with Crippen LogP contribution in [-0.2, 0) is 10.0 Å². The third kappa shape index (κ3) is 9.06. The molecule has 0 bridgehead atoms. The van der Waals surface area contributed by atoms with E-state index in [4.69, 9.17) is 34.7 Å². The third-order valence-electron chi connectivity index (χ3n) is 5.01. The number of carbonyl (C=O) groups is 1. The Bertz CT molecular complexity index is 1090. The van der Waals surface area contributed by atoms with Crippen LogP contribution in [0.1, 0.15) is 23.3 Å². The summed E-state index contributed by atoms with van der Waals surface area (Å²) in [5, 5.41) is 3.23. The van der Waals surface area contributed by atoms with Crippen molar-refractivity contribution in [3.05, 3.63) is 40.1 Å². The Labute approximate surface area is 221 Å². The number of carbonyl (C=O) groups excluding carboxylic acids is 1. The van der Waals surface area contributed by atoms with Crippen LogP contribution in [0.5, 0.6) is 0 Å². The Kier molecular flexibility index (Phi) is 11.3. The summed E-state index contributed by atoms with van der Waals surface area (Å²) in [5.41, 5.74) is 11.7. The van der Waals surface area contributed by atoms with Crippen LogP contribution in [0, 0.1) is 0 Å². The maximum atomic E-state index is 12.3. The molecular weight excluding hydrogens is 569 g/mol. The summed E-state index contributed by atoms with van der Waals surface area (Å²) in [7, 11) is 0.664. The lowest BCUT2D eigenvalue weighted by Gasteiger charge is -2.30. The molecule has 0 saturated carbocycles. The first-order valence-electron chi connectivity index (χ1n) is 10.2. The second kappa shape index (κ2) is 12.7. The quantitative estimate of drug-likeness (QED) is 0.222. The number of unbranched alkanes of at least 4 members (excludes halogenated alkanes) is 1. The summed E-state index contributed by atoms with van der Waals surface area (Å²) in [5.74, 6) is -0.595. The first-order chi connectivity index (χ1) is 15.3. The molecule has 0 aliphatic rings. The van der Waals surface area contributed by atoms with Gasteiger partial charge in [-0.1, -0.05) is 23.2 Å². The number of hydrogen-bond acceptors (Lipinski definition) is 7. The van der Waals surface area contributed by atoms with Gasteiger partial charge in [0.15, 0.2) is 22.5 Å². The molecule has 34 heavy (non-hydrogen) atoms. The predicted molar refractivity (Wildman–Crippen MR) is 133 cm³/mol. The second-order valence-electron chi connectivity index (χ2n) is 8.29. The van der Waals surface area contributed by atoms with E-state index in [0.29, 0.717) is 41.2 Å². The molecule has 0 atom stereocenters. The fourth-order valence-electron chi connectivity index (χ4n) is 3.17. The predicted octanol–water partition coefficient (Wildman–Crippen LogP) is -0.996. The van der Waals surface area contributed by atoms with Crippen LogP contribution in [0.25, 0.3) is 0 Å². The van der Waals surface area contributed by atoms with Gasteiger partial charge in [-0.05, 0) is 37.1 Å². The fraction of sp³-hybridized carbons (Fsp3) is 0.450. The van der Waals surface area contributed by atoms with Gasteiger partial charge in [0, 0.05) is 11.6 Å². The number of sulfonamides is 1. The van der Waals surface area contributed by atoms with Crippen molar-refractivity contribution in [1.82, 2.24) is 15.3 Å². The summed E-state index contributed by atoms with van der Waals surface area (Å²) in [6.45, 7) is 2.20. The van der Waals surface area contributed by atoms with Crippen LogP contribution < -0.4 is 38.1 Å². The monoisotopic (exact) mass is 597 g/mol. The molecule has 14 heteroatoms.